The molecule has 1 saturated carbocycles. The predicted molar refractivity (Wildman–Crippen MR) is 76.8 cm³/mol. The van der Waals surface area contributed by atoms with E-state index in [1.165, 1.54) is 6.07 Å². The van der Waals surface area contributed by atoms with E-state index in [0.29, 0.717) is 25.9 Å². The number of hydrogen-bond donors (Lipinski definition) is 1. The fourth-order valence-corrected chi connectivity index (χ4v) is 3.40. The Hall–Kier alpha value is -2.11. The summed E-state index contributed by atoms with van der Waals surface area (Å²) in [4.78, 5) is 37.6. The second kappa shape index (κ2) is 5.35. The summed E-state index contributed by atoms with van der Waals surface area (Å²) < 4.78 is 1.56. The number of rotatable bonds is 3. The maximum absolute atomic E-state index is 12.2. The average Bonchev–Trinajstić information content (AvgIpc) is 2.70. The monoisotopic (exact) mass is 289 g/mol. The molecule has 2 heterocycles. The zero-order chi connectivity index (χ0) is 14.9. The molecule has 112 valence electrons. The number of pyridine rings is 1. The summed E-state index contributed by atoms with van der Waals surface area (Å²) >= 11 is 0. The highest BCUT2D eigenvalue weighted by Gasteiger charge is 2.52. The van der Waals surface area contributed by atoms with Crippen LogP contribution in [0.1, 0.15) is 32.1 Å². The highest BCUT2D eigenvalue weighted by Crippen LogP contribution is 2.36. The molecule has 1 aromatic rings. The quantitative estimate of drug-likeness (QED) is 0.847. The first kappa shape index (κ1) is 13.9. The molecule has 1 aliphatic carbocycles. The molecule has 1 N–H and O–H groups in total. The van der Waals surface area contributed by atoms with Gasteiger partial charge in [0.15, 0.2) is 0 Å². The maximum Gasteiger partial charge on any atom is 0.325 e. The Labute approximate surface area is 122 Å². The summed E-state index contributed by atoms with van der Waals surface area (Å²) in [6.45, 7) is 0.781. The average molecular weight is 289 g/mol. The Morgan fingerprint density at radius 3 is 2.52 bits per heavy atom. The van der Waals surface area contributed by atoms with Crippen LogP contribution in [0, 0.1) is 0 Å². The van der Waals surface area contributed by atoms with E-state index < -0.39 is 5.54 Å². The fourth-order valence-electron chi connectivity index (χ4n) is 3.40. The molecule has 0 bridgehead atoms. The summed E-state index contributed by atoms with van der Waals surface area (Å²) in [5, 5.41) is 2.44. The van der Waals surface area contributed by atoms with E-state index in [0.717, 1.165) is 19.3 Å². The maximum atomic E-state index is 12.2. The highest BCUT2D eigenvalue weighted by molar-refractivity contribution is 6.07. The predicted octanol–water partition coefficient (Wildman–Crippen LogP) is 1.10. The van der Waals surface area contributed by atoms with Crippen LogP contribution >= 0.6 is 0 Å². The highest BCUT2D eigenvalue weighted by atomic mass is 16.2. The van der Waals surface area contributed by atoms with E-state index in [1.54, 1.807) is 27.8 Å². The van der Waals surface area contributed by atoms with Crippen molar-refractivity contribution in [3.05, 3.63) is 34.7 Å². The number of carbonyl (C=O) groups excluding carboxylic acids is 2. The Morgan fingerprint density at radius 1 is 1.05 bits per heavy atom. The molecule has 0 unspecified atom stereocenters. The normalized spacial score (nSPS) is 20.9. The van der Waals surface area contributed by atoms with Crippen molar-refractivity contribution >= 4 is 11.9 Å². The number of nitrogens with one attached hydrogen (secondary N) is 1. The Morgan fingerprint density at radius 2 is 1.81 bits per heavy atom. The van der Waals surface area contributed by atoms with Gasteiger partial charge in [-0.1, -0.05) is 25.3 Å². The lowest BCUT2D eigenvalue weighted by Gasteiger charge is -2.38. The number of hydrogen-bond acceptors (Lipinski definition) is 3. The Balaban J connectivity index is 1.79. The van der Waals surface area contributed by atoms with E-state index in [-0.39, 0.29) is 17.5 Å². The lowest BCUT2D eigenvalue weighted by atomic mass is 9.80. The summed E-state index contributed by atoms with van der Waals surface area (Å²) in [5.41, 5.74) is -0.783. The molecule has 3 amide bonds. The van der Waals surface area contributed by atoms with Crippen LogP contribution < -0.4 is 10.9 Å². The topological polar surface area (TPSA) is 71.4 Å². The zero-order valence-corrected chi connectivity index (χ0v) is 11.9. The van der Waals surface area contributed by atoms with Crippen molar-refractivity contribution in [2.24, 2.45) is 0 Å². The van der Waals surface area contributed by atoms with E-state index in [1.807, 2.05) is 0 Å². The summed E-state index contributed by atoms with van der Waals surface area (Å²) in [6.07, 6.45) is 6.16. The minimum Gasteiger partial charge on any atom is -0.314 e. The molecule has 1 spiro atoms. The molecule has 0 aromatic carbocycles. The van der Waals surface area contributed by atoms with E-state index in [2.05, 4.69) is 5.32 Å². The van der Waals surface area contributed by atoms with Crippen LogP contribution in [0.4, 0.5) is 4.79 Å². The summed E-state index contributed by atoms with van der Waals surface area (Å²) in [6, 6.07) is 4.64. The number of nitrogens with zero attached hydrogens (tertiary/aromatic N) is 2. The smallest absolute Gasteiger partial charge is 0.314 e. The minimum atomic E-state index is -0.687. The van der Waals surface area contributed by atoms with Gasteiger partial charge in [0.05, 0.1) is 0 Å². The van der Waals surface area contributed by atoms with Crippen molar-refractivity contribution in [3.63, 3.8) is 0 Å². The molecule has 1 aliphatic heterocycles. The van der Waals surface area contributed by atoms with Crippen LogP contribution in [-0.2, 0) is 11.3 Å². The SMILES string of the molecule is O=C1NC(=O)C2(CCCCC2)N1CCn1ccccc1=O. The van der Waals surface area contributed by atoms with E-state index >= 15 is 0 Å². The van der Waals surface area contributed by atoms with E-state index in [9.17, 15) is 14.4 Å². The van der Waals surface area contributed by atoms with Crippen LogP contribution in [-0.4, -0.2) is 33.5 Å². The van der Waals surface area contributed by atoms with Gasteiger partial charge in [-0.2, -0.15) is 0 Å². The number of carbonyl (C=O) groups is 2. The molecule has 21 heavy (non-hydrogen) atoms. The number of aromatic nitrogens is 1. The standard InChI is InChI=1S/C15H19N3O3/c19-12-6-2-5-9-17(12)10-11-18-14(21)16-13(20)15(18)7-3-1-4-8-15/h2,5-6,9H,1,3-4,7-8,10-11H2,(H,16,20,21). The third kappa shape index (κ3) is 2.34. The first-order valence-corrected chi connectivity index (χ1v) is 7.42. The first-order valence-electron chi connectivity index (χ1n) is 7.42. The molecular weight excluding hydrogens is 270 g/mol. The van der Waals surface area contributed by atoms with Gasteiger partial charge in [0, 0.05) is 25.4 Å². The lowest BCUT2D eigenvalue weighted by Crippen LogP contribution is -2.52. The van der Waals surface area contributed by atoms with Crippen molar-refractivity contribution in [1.29, 1.82) is 0 Å². The molecule has 2 aliphatic rings. The molecular formula is C15H19N3O3. The summed E-state index contributed by atoms with van der Waals surface area (Å²) in [7, 11) is 0. The van der Waals surface area contributed by atoms with Crippen molar-refractivity contribution in [1.82, 2.24) is 14.8 Å². The van der Waals surface area contributed by atoms with Crippen LogP contribution in [0.15, 0.2) is 29.2 Å². The number of imide groups is 1. The largest absolute Gasteiger partial charge is 0.325 e. The number of amides is 3. The second-order valence-corrected chi connectivity index (χ2v) is 5.74. The lowest BCUT2D eigenvalue weighted by molar-refractivity contribution is -0.128. The van der Waals surface area contributed by atoms with Gasteiger partial charge in [-0.3, -0.25) is 14.9 Å². The van der Waals surface area contributed by atoms with Crippen molar-refractivity contribution in [2.45, 2.75) is 44.2 Å². The van der Waals surface area contributed by atoms with Gasteiger partial charge in [-0.05, 0) is 18.9 Å². The molecule has 0 atom stereocenters. The molecule has 6 nitrogen and oxygen atoms in total. The van der Waals surface area contributed by atoms with Gasteiger partial charge in [-0.15, -0.1) is 0 Å². The molecule has 2 fully saturated rings. The van der Waals surface area contributed by atoms with Crippen LogP contribution in [0.3, 0.4) is 0 Å². The van der Waals surface area contributed by atoms with E-state index in [4.69, 9.17) is 0 Å². The van der Waals surface area contributed by atoms with Gasteiger partial charge in [0.1, 0.15) is 5.54 Å². The minimum absolute atomic E-state index is 0.0962. The Bertz CT molecular complexity index is 617. The molecule has 3 rings (SSSR count). The summed E-state index contributed by atoms with van der Waals surface area (Å²) in [5.74, 6) is -0.174. The van der Waals surface area contributed by atoms with Gasteiger partial charge in [-0.25, -0.2) is 4.79 Å². The van der Waals surface area contributed by atoms with Crippen LogP contribution in [0.5, 0.6) is 0 Å². The zero-order valence-electron chi connectivity index (χ0n) is 11.9. The van der Waals surface area contributed by atoms with Gasteiger partial charge in [0.2, 0.25) is 0 Å². The van der Waals surface area contributed by atoms with Gasteiger partial charge < -0.3 is 9.47 Å². The third-order valence-electron chi connectivity index (χ3n) is 4.55. The fraction of sp³-hybridized carbons (Fsp3) is 0.533. The van der Waals surface area contributed by atoms with Crippen molar-refractivity contribution < 1.29 is 9.59 Å². The van der Waals surface area contributed by atoms with Crippen LogP contribution in [0.25, 0.3) is 0 Å². The molecule has 6 heteroatoms. The molecule has 0 radical (unpaired) electrons. The van der Waals surface area contributed by atoms with Crippen molar-refractivity contribution in [3.8, 4) is 0 Å². The second-order valence-electron chi connectivity index (χ2n) is 5.74. The van der Waals surface area contributed by atoms with Gasteiger partial charge >= 0.3 is 6.03 Å². The Kier molecular flexibility index (Phi) is 3.53. The number of urea groups is 1. The van der Waals surface area contributed by atoms with Gasteiger partial charge in [0.25, 0.3) is 11.5 Å². The molecule has 1 saturated heterocycles. The first-order chi connectivity index (χ1) is 10.1. The molecule has 1 aromatic heterocycles. The van der Waals surface area contributed by atoms with Crippen LogP contribution in [0.2, 0.25) is 0 Å². The third-order valence-corrected chi connectivity index (χ3v) is 4.55. The van der Waals surface area contributed by atoms with Crippen molar-refractivity contribution in [2.75, 3.05) is 6.54 Å².